The minimum absolute atomic E-state index is 0.983. The van der Waals surface area contributed by atoms with Gasteiger partial charge in [-0.25, -0.2) is 4.98 Å². The van der Waals surface area contributed by atoms with E-state index in [2.05, 4.69) is 124 Å². The number of aromatic nitrogens is 3. The van der Waals surface area contributed by atoms with E-state index in [1.165, 1.54) is 55.0 Å². The second-order valence-corrected chi connectivity index (χ2v) is 9.63. The molecule has 0 spiro atoms. The van der Waals surface area contributed by atoms with E-state index in [-0.39, 0.29) is 0 Å². The van der Waals surface area contributed by atoms with Gasteiger partial charge in [0.25, 0.3) is 0 Å². The molecule has 0 radical (unpaired) electrons. The van der Waals surface area contributed by atoms with E-state index < -0.39 is 0 Å². The number of imidazole rings is 1. The first-order valence-electron chi connectivity index (χ1n) is 12.3. The molecule has 0 unspecified atom stereocenters. The Morgan fingerprint density at radius 3 is 2.08 bits per heavy atom. The Hall–Kier alpha value is -4.89. The Morgan fingerprint density at radius 2 is 1.19 bits per heavy atom. The van der Waals surface area contributed by atoms with E-state index in [0.717, 1.165) is 22.2 Å². The summed E-state index contributed by atoms with van der Waals surface area (Å²) in [6.45, 7) is 0. The molecule has 0 atom stereocenters. The first kappa shape index (κ1) is 18.4. The number of hydrogen-bond donors (Lipinski definition) is 0. The fraction of sp³-hybridized carbons (Fsp3) is 0. The third-order valence-electron chi connectivity index (χ3n) is 7.88. The predicted octanol–water partition coefficient (Wildman–Crippen LogP) is 8.39. The van der Waals surface area contributed by atoms with Gasteiger partial charge in [-0.3, -0.25) is 4.40 Å². The van der Waals surface area contributed by atoms with Gasteiger partial charge in [-0.1, -0.05) is 78.9 Å². The molecule has 0 amide bonds. The number of rotatable bonds is 1. The Kier molecular flexibility index (Phi) is 3.28. The lowest BCUT2D eigenvalue weighted by atomic mass is 10.0. The third-order valence-corrected chi connectivity index (χ3v) is 7.88. The largest absolute Gasteiger partial charge is 0.305 e. The molecule has 0 saturated heterocycles. The Bertz CT molecular complexity index is 2180. The van der Waals surface area contributed by atoms with Crippen LogP contribution in [0.1, 0.15) is 0 Å². The summed E-state index contributed by atoms with van der Waals surface area (Å²) in [4.78, 5) is 5.13. The highest BCUT2D eigenvalue weighted by molar-refractivity contribution is 6.19. The van der Waals surface area contributed by atoms with Gasteiger partial charge in [0.2, 0.25) is 0 Å². The van der Waals surface area contributed by atoms with E-state index in [0.29, 0.717) is 0 Å². The van der Waals surface area contributed by atoms with Crippen LogP contribution in [0.25, 0.3) is 77.2 Å². The van der Waals surface area contributed by atoms with Gasteiger partial charge >= 0.3 is 0 Å². The number of hydrogen-bond acceptors (Lipinski definition) is 1. The van der Waals surface area contributed by atoms with Gasteiger partial charge in [-0.2, -0.15) is 0 Å². The van der Waals surface area contributed by atoms with Crippen LogP contribution in [0.2, 0.25) is 0 Å². The molecule has 0 bridgehead atoms. The normalized spacial score (nSPS) is 12.4. The lowest BCUT2D eigenvalue weighted by Crippen LogP contribution is -1.97. The number of pyridine rings is 1. The maximum Gasteiger partial charge on any atom is 0.162 e. The molecule has 1 aliphatic carbocycles. The van der Waals surface area contributed by atoms with Gasteiger partial charge < -0.3 is 4.57 Å². The molecule has 0 saturated carbocycles. The average molecular weight is 458 g/mol. The minimum Gasteiger partial charge on any atom is -0.305 e. The summed E-state index contributed by atoms with van der Waals surface area (Å²) < 4.78 is 4.65. The van der Waals surface area contributed by atoms with Crippen LogP contribution in [0.4, 0.5) is 0 Å². The molecule has 0 fully saturated rings. The van der Waals surface area contributed by atoms with Crippen LogP contribution in [-0.2, 0) is 0 Å². The molecule has 0 N–H and O–H groups in total. The summed E-state index contributed by atoms with van der Waals surface area (Å²) >= 11 is 0. The van der Waals surface area contributed by atoms with Crippen molar-refractivity contribution in [3.63, 3.8) is 0 Å². The third kappa shape index (κ3) is 2.12. The van der Waals surface area contributed by atoms with E-state index in [4.69, 9.17) is 4.98 Å². The number of fused-ring (bicyclic) bond motifs is 10. The van der Waals surface area contributed by atoms with Gasteiger partial charge in [0.1, 0.15) is 0 Å². The van der Waals surface area contributed by atoms with Crippen LogP contribution in [0.15, 0.2) is 115 Å². The van der Waals surface area contributed by atoms with Crippen LogP contribution in [0.5, 0.6) is 0 Å². The van der Waals surface area contributed by atoms with Gasteiger partial charge in [-0.15, -0.1) is 0 Å². The Morgan fingerprint density at radius 1 is 0.500 bits per heavy atom. The van der Waals surface area contributed by atoms with E-state index in [9.17, 15) is 0 Å². The molecule has 9 rings (SSSR count). The highest BCUT2D eigenvalue weighted by atomic mass is 15.1. The molecule has 166 valence electrons. The Balaban J connectivity index is 1.50. The topological polar surface area (TPSA) is 22.2 Å². The van der Waals surface area contributed by atoms with Crippen LogP contribution >= 0.6 is 0 Å². The quantitative estimate of drug-likeness (QED) is 0.243. The summed E-state index contributed by atoms with van der Waals surface area (Å²) in [5.41, 5.74) is 11.9. The minimum atomic E-state index is 0.983. The standard InChI is InChI=1S/C33H19N3/c1-2-9-21-20(8-1)23-11-7-12-26-29(17-16-24(21)31(23)26)36-28-14-5-3-10-22(28)25-18-19-35-30-15-6-4-13-27(30)34-33(35)32(25)36/h1-19H. The van der Waals surface area contributed by atoms with Crippen LogP contribution in [-0.4, -0.2) is 14.0 Å². The lowest BCUT2D eigenvalue weighted by molar-refractivity contribution is 1.17. The zero-order chi connectivity index (χ0) is 23.4. The van der Waals surface area contributed by atoms with Gasteiger partial charge in [0.15, 0.2) is 5.65 Å². The number of benzene rings is 5. The Labute approximate surface area is 206 Å². The summed E-state index contributed by atoms with van der Waals surface area (Å²) in [6, 6.07) is 39.4. The van der Waals surface area contributed by atoms with Crippen LogP contribution in [0, 0.1) is 0 Å². The second-order valence-electron chi connectivity index (χ2n) is 9.63. The zero-order valence-corrected chi connectivity index (χ0v) is 19.3. The van der Waals surface area contributed by atoms with Crippen molar-refractivity contribution in [1.82, 2.24) is 14.0 Å². The van der Waals surface area contributed by atoms with Crippen molar-refractivity contribution in [1.29, 1.82) is 0 Å². The summed E-state index contributed by atoms with van der Waals surface area (Å²) in [6.07, 6.45) is 2.16. The number of para-hydroxylation sites is 3. The van der Waals surface area contributed by atoms with Crippen molar-refractivity contribution in [3.8, 4) is 27.9 Å². The summed E-state index contributed by atoms with van der Waals surface area (Å²) in [7, 11) is 0. The smallest absolute Gasteiger partial charge is 0.162 e. The van der Waals surface area contributed by atoms with Crippen LogP contribution < -0.4 is 0 Å². The lowest BCUT2D eigenvalue weighted by Gasteiger charge is -2.13. The van der Waals surface area contributed by atoms with Gasteiger partial charge in [0.05, 0.1) is 27.8 Å². The maximum atomic E-state index is 5.13. The first-order valence-corrected chi connectivity index (χ1v) is 12.3. The SMILES string of the molecule is c1ccc2c(c1)-c1cccc3c(-n4c5ccccc5c5ccn6c7ccccc7nc6c54)ccc-2c13. The molecule has 3 aromatic heterocycles. The predicted molar refractivity (Wildman–Crippen MR) is 149 cm³/mol. The fourth-order valence-corrected chi connectivity index (χ4v) is 6.40. The zero-order valence-electron chi connectivity index (χ0n) is 19.3. The molecule has 1 aliphatic rings. The maximum absolute atomic E-state index is 5.13. The van der Waals surface area contributed by atoms with Crippen molar-refractivity contribution in [2.24, 2.45) is 0 Å². The van der Waals surface area contributed by atoms with Crippen molar-refractivity contribution < 1.29 is 0 Å². The van der Waals surface area contributed by atoms with E-state index in [1.54, 1.807) is 0 Å². The molecule has 3 heterocycles. The number of nitrogens with zero attached hydrogens (tertiary/aromatic N) is 3. The second kappa shape index (κ2) is 6.41. The molecular formula is C33H19N3. The molecule has 0 aliphatic heterocycles. The first-order chi connectivity index (χ1) is 17.9. The van der Waals surface area contributed by atoms with Crippen molar-refractivity contribution in [3.05, 3.63) is 115 Å². The van der Waals surface area contributed by atoms with Gasteiger partial charge in [-0.05, 0) is 58.0 Å². The molecule has 36 heavy (non-hydrogen) atoms. The molecule has 5 aromatic carbocycles. The molecule has 8 aromatic rings. The van der Waals surface area contributed by atoms with Crippen molar-refractivity contribution >= 4 is 49.3 Å². The molecule has 3 heteroatoms. The monoisotopic (exact) mass is 457 g/mol. The van der Waals surface area contributed by atoms with E-state index in [1.807, 2.05) is 0 Å². The van der Waals surface area contributed by atoms with Crippen molar-refractivity contribution in [2.75, 3.05) is 0 Å². The fourth-order valence-electron chi connectivity index (χ4n) is 6.40. The highest BCUT2D eigenvalue weighted by Crippen LogP contribution is 2.49. The summed E-state index contributed by atoms with van der Waals surface area (Å²) in [5, 5.41) is 5.07. The molecule has 3 nitrogen and oxygen atoms in total. The van der Waals surface area contributed by atoms with Crippen LogP contribution in [0.3, 0.4) is 0 Å². The van der Waals surface area contributed by atoms with Gasteiger partial charge in [0, 0.05) is 22.4 Å². The average Bonchev–Trinajstić information content (AvgIpc) is 3.58. The molecular weight excluding hydrogens is 438 g/mol. The van der Waals surface area contributed by atoms with E-state index >= 15 is 0 Å². The highest BCUT2D eigenvalue weighted by Gasteiger charge is 2.24. The van der Waals surface area contributed by atoms with Crippen molar-refractivity contribution in [2.45, 2.75) is 0 Å². The summed E-state index contributed by atoms with van der Waals surface area (Å²) in [5.74, 6) is 0.